The molecule has 0 aliphatic heterocycles. The number of ether oxygens (including phenoxy) is 1. The maximum absolute atomic E-state index is 11.3. The minimum Gasteiger partial charge on any atom is -0.497 e. The van der Waals surface area contributed by atoms with Gasteiger partial charge >= 0.3 is 0 Å². The van der Waals surface area contributed by atoms with Crippen LogP contribution in [0, 0.1) is 0 Å². The summed E-state index contributed by atoms with van der Waals surface area (Å²) in [4.78, 5) is 21.8. The Morgan fingerprint density at radius 3 is 2.41 bits per heavy atom. The molecule has 5 nitrogen and oxygen atoms in total. The van der Waals surface area contributed by atoms with Crippen LogP contribution >= 0.6 is 0 Å². The number of carbonyl (C=O) groups excluding carboxylic acids is 2. The van der Waals surface area contributed by atoms with Crippen LogP contribution in [0.1, 0.15) is 18.4 Å². The van der Waals surface area contributed by atoms with Crippen molar-refractivity contribution in [1.29, 1.82) is 0 Å². The molecule has 0 fully saturated rings. The van der Waals surface area contributed by atoms with E-state index in [0.717, 1.165) is 11.3 Å². The number of methoxy groups -OCH3 is 1. The Labute approximate surface area is 99.9 Å². The number of nitrogens with two attached hydrogens (primary N) is 1. The molecule has 0 aliphatic rings. The molecule has 0 unspecified atom stereocenters. The summed E-state index contributed by atoms with van der Waals surface area (Å²) in [6.07, 6.45) is 0.208. The van der Waals surface area contributed by atoms with Gasteiger partial charge in [-0.15, -0.1) is 0 Å². The van der Waals surface area contributed by atoms with Gasteiger partial charge in [-0.25, -0.2) is 0 Å². The highest BCUT2D eigenvalue weighted by atomic mass is 16.5. The fourth-order valence-electron chi connectivity index (χ4n) is 1.27. The fourth-order valence-corrected chi connectivity index (χ4v) is 1.27. The smallest absolute Gasteiger partial charge is 0.220 e. The van der Waals surface area contributed by atoms with Gasteiger partial charge in [0.1, 0.15) is 5.75 Å². The van der Waals surface area contributed by atoms with Gasteiger partial charge in [0.15, 0.2) is 0 Å². The largest absolute Gasteiger partial charge is 0.497 e. The molecule has 0 saturated carbocycles. The Bertz CT molecular complexity index is 387. The second kappa shape index (κ2) is 6.52. The first-order valence-electron chi connectivity index (χ1n) is 5.29. The van der Waals surface area contributed by atoms with E-state index in [2.05, 4.69) is 5.32 Å². The van der Waals surface area contributed by atoms with Crippen molar-refractivity contribution in [2.75, 3.05) is 7.11 Å². The van der Waals surface area contributed by atoms with Crippen molar-refractivity contribution < 1.29 is 14.3 Å². The highest BCUT2D eigenvalue weighted by Gasteiger charge is 2.03. The SMILES string of the molecule is COc1ccc(CNC(=O)CCC(N)=O)cc1. The van der Waals surface area contributed by atoms with Crippen molar-refractivity contribution in [3.8, 4) is 5.75 Å². The van der Waals surface area contributed by atoms with Crippen LogP contribution in [0.25, 0.3) is 0 Å². The molecule has 0 atom stereocenters. The van der Waals surface area contributed by atoms with E-state index in [9.17, 15) is 9.59 Å². The molecule has 1 aromatic carbocycles. The number of carbonyl (C=O) groups is 2. The van der Waals surface area contributed by atoms with E-state index in [1.807, 2.05) is 24.3 Å². The first kappa shape index (κ1) is 13.0. The topological polar surface area (TPSA) is 81.4 Å². The summed E-state index contributed by atoms with van der Waals surface area (Å²) in [5.41, 5.74) is 5.92. The van der Waals surface area contributed by atoms with Gasteiger partial charge in [-0.05, 0) is 17.7 Å². The van der Waals surface area contributed by atoms with Crippen LogP contribution in [0.15, 0.2) is 24.3 Å². The van der Waals surface area contributed by atoms with E-state index in [1.165, 1.54) is 0 Å². The molecule has 5 heteroatoms. The third-order valence-electron chi connectivity index (χ3n) is 2.25. The van der Waals surface area contributed by atoms with Gasteiger partial charge in [0.05, 0.1) is 7.11 Å². The Morgan fingerprint density at radius 2 is 1.88 bits per heavy atom. The molecule has 17 heavy (non-hydrogen) atoms. The summed E-state index contributed by atoms with van der Waals surface area (Å²) in [5.74, 6) is 0.123. The van der Waals surface area contributed by atoms with Crippen LogP contribution in [0.2, 0.25) is 0 Å². The molecule has 2 amide bonds. The van der Waals surface area contributed by atoms with E-state index < -0.39 is 5.91 Å². The van der Waals surface area contributed by atoms with Gasteiger partial charge < -0.3 is 15.8 Å². The quantitative estimate of drug-likeness (QED) is 0.758. The molecule has 0 spiro atoms. The van der Waals surface area contributed by atoms with Crippen LogP contribution in [0.5, 0.6) is 5.75 Å². The lowest BCUT2D eigenvalue weighted by molar-refractivity contribution is -0.125. The third-order valence-corrected chi connectivity index (χ3v) is 2.25. The molecule has 1 aromatic rings. The average molecular weight is 236 g/mol. The highest BCUT2D eigenvalue weighted by molar-refractivity contribution is 5.82. The number of hydrogen-bond donors (Lipinski definition) is 2. The Balaban J connectivity index is 2.34. The molecule has 0 bridgehead atoms. The molecule has 0 aromatic heterocycles. The van der Waals surface area contributed by atoms with Crippen LogP contribution < -0.4 is 15.8 Å². The van der Waals surface area contributed by atoms with Gasteiger partial charge in [-0.2, -0.15) is 0 Å². The first-order chi connectivity index (χ1) is 8.11. The van der Waals surface area contributed by atoms with Crippen molar-refractivity contribution in [3.63, 3.8) is 0 Å². The summed E-state index contributed by atoms with van der Waals surface area (Å²) in [5, 5.41) is 2.70. The molecule has 0 radical (unpaired) electrons. The van der Waals surface area contributed by atoms with Gasteiger partial charge in [0, 0.05) is 19.4 Å². The van der Waals surface area contributed by atoms with Gasteiger partial charge in [-0.3, -0.25) is 9.59 Å². The van der Waals surface area contributed by atoms with Gasteiger partial charge in [0.25, 0.3) is 0 Å². The predicted octanol–water partition coefficient (Wildman–Crippen LogP) is 0.577. The summed E-state index contributed by atoms with van der Waals surface area (Å²) in [6, 6.07) is 7.39. The van der Waals surface area contributed by atoms with E-state index in [0.29, 0.717) is 6.54 Å². The summed E-state index contributed by atoms with van der Waals surface area (Å²) < 4.78 is 5.02. The lowest BCUT2D eigenvalue weighted by Crippen LogP contribution is -2.24. The zero-order valence-corrected chi connectivity index (χ0v) is 9.73. The van der Waals surface area contributed by atoms with Crippen molar-refractivity contribution in [2.45, 2.75) is 19.4 Å². The number of benzene rings is 1. The van der Waals surface area contributed by atoms with E-state index in [-0.39, 0.29) is 18.7 Å². The number of hydrogen-bond acceptors (Lipinski definition) is 3. The molecular formula is C12H16N2O3. The second-order valence-corrected chi connectivity index (χ2v) is 3.59. The second-order valence-electron chi connectivity index (χ2n) is 3.59. The van der Waals surface area contributed by atoms with Crippen molar-refractivity contribution >= 4 is 11.8 Å². The van der Waals surface area contributed by atoms with Crippen molar-refractivity contribution in [1.82, 2.24) is 5.32 Å². The number of nitrogens with one attached hydrogen (secondary N) is 1. The summed E-state index contributed by atoms with van der Waals surface area (Å²) >= 11 is 0. The Morgan fingerprint density at radius 1 is 1.24 bits per heavy atom. The lowest BCUT2D eigenvalue weighted by Gasteiger charge is -2.05. The molecule has 0 aliphatic carbocycles. The van der Waals surface area contributed by atoms with E-state index in [1.54, 1.807) is 7.11 Å². The Hall–Kier alpha value is -2.04. The van der Waals surface area contributed by atoms with Crippen LogP contribution in [-0.4, -0.2) is 18.9 Å². The van der Waals surface area contributed by atoms with E-state index in [4.69, 9.17) is 10.5 Å². The van der Waals surface area contributed by atoms with Crippen LogP contribution in [0.4, 0.5) is 0 Å². The van der Waals surface area contributed by atoms with Crippen molar-refractivity contribution in [2.24, 2.45) is 5.73 Å². The zero-order chi connectivity index (χ0) is 12.7. The monoisotopic (exact) mass is 236 g/mol. The average Bonchev–Trinajstić information content (AvgIpc) is 2.34. The fraction of sp³-hybridized carbons (Fsp3) is 0.333. The molecule has 1 rings (SSSR count). The highest BCUT2D eigenvalue weighted by Crippen LogP contribution is 2.10. The third kappa shape index (κ3) is 5.01. The Kier molecular flexibility index (Phi) is 5.00. The predicted molar refractivity (Wildman–Crippen MR) is 63.3 cm³/mol. The molecule has 3 N–H and O–H groups in total. The number of primary amides is 1. The first-order valence-corrected chi connectivity index (χ1v) is 5.29. The molecule has 92 valence electrons. The van der Waals surface area contributed by atoms with Crippen LogP contribution in [-0.2, 0) is 16.1 Å². The van der Waals surface area contributed by atoms with Gasteiger partial charge in [-0.1, -0.05) is 12.1 Å². The standard InChI is InChI=1S/C12H16N2O3/c1-17-10-4-2-9(3-5-10)8-14-12(16)7-6-11(13)15/h2-5H,6-8H2,1H3,(H2,13,15)(H,14,16). The maximum atomic E-state index is 11.3. The molecule has 0 saturated heterocycles. The van der Waals surface area contributed by atoms with Crippen molar-refractivity contribution in [3.05, 3.63) is 29.8 Å². The van der Waals surface area contributed by atoms with E-state index >= 15 is 0 Å². The van der Waals surface area contributed by atoms with Crippen LogP contribution in [0.3, 0.4) is 0 Å². The molecular weight excluding hydrogens is 220 g/mol. The van der Waals surface area contributed by atoms with Gasteiger partial charge in [0.2, 0.25) is 11.8 Å². The number of amides is 2. The lowest BCUT2D eigenvalue weighted by atomic mass is 10.2. The maximum Gasteiger partial charge on any atom is 0.220 e. The minimum atomic E-state index is -0.468. The zero-order valence-electron chi connectivity index (χ0n) is 9.73. The normalized spacial score (nSPS) is 9.71. The summed E-state index contributed by atoms with van der Waals surface area (Å²) in [6.45, 7) is 0.432. The number of rotatable bonds is 6. The molecule has 0 heterocycles. The summed E-state index contributed by atoms with van der Waals surface area (Å²) in [7, 11) is 1.60. The minimum absolute atomic E-state index is 0.0778.